The van der Waals surface area contributed by atoms with Crippen LogP contribution in [0.3, 0.4) is 0 Å². The maximum absolute atomic E-state index is 6.79. The van der Waals surface area contributed by atoms with Gasteiger partial charge < -0.3 is 14.3 Å². The first-order valence-corrected chi connectivity index (χ1v) is 21.7. The Balaban J connectivity index is 0.921. The number of aromatic nitrogens is 1. The lowest BCUT2D eigenvalue weighted by molar-refractivity contribution is 0.666. The van der Waals surface area contributed by atoms with Crippen LogP contribution in [-0.2, 0) is 0 Å². The van der Waals surface area contributed by atoms with Crippen LogP contribution in [0.15, 0.2) is 233 Å². The molecule has 1 unspecified atom stereocenters. The summed E-state index contributed by atoms with van der Waals surface area (Å²) >= 11 is 0. The molecule has 10 aromatic carbocycles. The Bertz CT molecular complexity index is 3780. The highest BCUT2D eigenvalue weighted by Crippen LogP contribution is 2.39. The molecule has 0 bridgehead atoms. The molecule has 0 aliphatic carbocycles. The number of nitrogens with one attached hydrogen (secondary N) is 1. The zero-order chi connectivity index (χ0) is 42.1. The Hall–Kier alpha value is -8.54. The zero-order valence-electron chi connectivity index (χ0n) is 34.6. The zero-order valence-corrected chi connectivity index (χ0v) is 34.6. The van der Waals surface area contributed by atoms with E-state index in [9.17, 15) is 0 Å². The summed E-state index contributed by atoms with van der Waals surface area (Å²) in [5.41, 5.74) is 12.7. The third-order valence-corrected chi connectivity index (χ3v) is 12.8. The molecule has 1 N–H and O–H groups in total. The Morgan fingerprint density at radius 2 is 0.938 bits per heavy atom. The summed E-state index contributed by atoms with van der Waals surface area (Å²) in [6.45, 7) is 0. The van der Waals surface area contributed by atoms with E-state index in [1.807, 2.05) is 0 Å². The van der Waals surface area contributed by atoms with Crippen LogP contribution in [0.2, 0.25) is 0 Å². The van der Waals surface area contributed by atoms with Crippen LogP contribution in [0.5, 0.6) is 0 Å². The summed E-state index contributed by atoms with van der Waals surface area (Å²) in [6.07, 6.45) is -0.341. The van der Waals surface area contributed by atoms with Gasteiger partial charge in [0.05, 0.1) is 11.0 Å². The lowest BCUT2D eigenvalue weighted by Crippen LogP contribution is -2.33. The van der Waals surface area contributed by atoms with Crippen molar-refractivity contribution >= 4 is 77.0 Å². The van der Waals surface area contributed by atoms with Crippen LogP contribution in [0.1, 0.15) is 22.9 Å². The molecule has 0 spiro atoms. The van der Waals surface area contributed by atoms with Crippen molar-refractivity contribution in [1.29, 1.82) is 0 Å². The fourth-order valence-corrected chi connectivity index (χ4v) is 9.58. The van der Waals surface area contributed by atoms with E-state index >= 15 is 0 Å². The van der Waals surface area contributed by atoms with Crippen molar-refractivity contribution in [3.8, 4) is 27.9 Å². The van der Waals surface area contributed by atoms with Gasteiger partial charge in [-0.05, 0) is 110 Å². The van der Waals surface area contributed by atoms with Gasteiger partial charge >= 0.3 is 0 Å². The summed E-state index contributed by atoms with van der Waals surface area (Å²) in [5, 5.41) is 12.9. The highest BCUT2D eigenvalue weighted by molar-refractivity contribution is 6.16. The molecule has 300 valence electrons. The molecule has 5 heteroatoms. The minimum absolute atomic E-state index is 0.341. The van der Waals surface area contributed by atoms with Crippen LogP contribution in [-0.4, -0.2) is 16.2 Å². The van der Waals surface area contributed by atoms with E-state index in [2.05, 4.69) is 228 Å². The number of rotatable bonds is 6. The van der Waals surface area contributed by atoms with E-state index < -0.39 is 0 Å². The molecule has 2 aromatic heterocycles. The molecular weight excluding hydrogens is 781 g/mol. The Kier molecular flexibility index (Phi) is 8.21. The van der Waals surface area contributed by atoms with Gasteiger partial charge in [-0.25, -0.2) is 9.98 Å². The van der Waals surface area contributed by atoms with Crippen molar-refractivity contribution in [2.75, 3.05) is 0 Å². The van der Waals surface area contributed by atoms with Gasteiger partial charge in [0.25, 0.3) is 0 Å². The Labute approximate surface area is 368 Å². The standard InChI is InChI=1S/C59H38N4O/c1-3-11-37(12-4-1)43-24-29-53-51(33-43)52-34-44(38-13-5-2-6-14-38)25-30-54(52)63(53)48-26-28-50-49-27-23-47(35-55(49)64-56(50)36-48)59-61-57(45-21-19-39-15-7-9-17-41(39)31-45)60-58(62-59)46-22-20-40-16-8-10-18-42(40)32-46/h1-36,57H,(H,60,61,62). The lowest BCUT2D eigenvalue weighted by Gasteiger charge is -2.24. The summed E-state index contributed by atoms with van der Waals surface area (Å²) in [6, 6.07) is 77.7. The molecule has 1 aliphatic rings. The van der Waals surface area contributed by atoms with Gasteiger partial charge in [0, 0.05) is 44.4 Å². The predicted octanol–water partition coefficient (Wildman–Crippen LogP) is 14.8. The third-order valence-electron chi connectivity index (χ3n) is 12.8. The van der Waals surface area contributed by atoms with Crippen molar-refractivity contribution in [3.05, 3.63) is 235 Å². The molecule has 0 fully saturated rings. The molecule has 0 saturated heterocycles. The molecule has 5 nitrogen and oxygen atoms in total. The molecule has 0 radical (unpaired) electrons. The van der Waals surface area contributed by atoms with Gasteiger partial charge in [-0.2, -0.15) is 0 Å². The van der Waals surface area contributed by atoms with Gasteiger partial charge in [-0.1, -0.05) is 152 Å². The van der Waals surface area contributed by atoms with Gasteiger partial charge in [-0.3, -0.25) is 0 Å². The quantitative estimate of drug-likeness (QED) is 0.182. The van der Waals surface area contributed by atoms with Gasteiger partial charge in [-0.15, -0.1) is 0 Å². The number of fused-ring (bicyclic) bond motifs is 8. The molecular formula is C59H38N4O. The second kappa shape index (κ2) is 14.5. The molecule has 64 heavy (non-hydrogen) atoms. The van der Waals surface area contributed by atoms with Gasteiger partial charge in [0.15, 0.2) is 5.84 Å². The maximum Gasteiger partial charge on any atom is 0.159 e. The fourth-order valence-electron chi connectivity index (χ4n) is 9.58. The monoisotopic (exact) mass is 818 g/mol. The smallest absolute Gasteiger partial charge is 0.159 e. The molecule has 3 heterocycles. The van der Waals surface area contributed by atoms with E-state index in [0.29, 0.717) is 5.84 Å². The van der Waals surface area contributed by atoms with E-state index in [0.717, 1.165) is 66.6 Å². The van der Waals surface area contributed by atoms with Crippen LogP contribution < -0.4 is 5.32 Å². The minimum atomic E-state index is -0.341. The van der Waals surface area contributed by atoms with Gasteiger partial charge in [0.1, 0.15) is 23.2 Å². The summed E-state index contributed by atoms with van der Waals surface area (Å²) in [5.74, 6) is 1.43. The van der Waals surface area contributed by atoms with Crippen molar-refractivity contribution in [2.45, 2.75) is 6.17 Å². The van der Waals surface area contributed by atoms with Crippen molar-refractivity contribution in [2.24, 2.45) is 9.98 Å². The molecule has 12 aromatic rings. The minimum Gasteiger partial charge on any atom is -0.456 e. The second-order valence-electron chi connectivity index (χ2n) is 16.7. The van der Waals surface area contributed by atoms with Crippen LogP contribution in [0, 0.1) is 0 Å². The molecule has 13 rings (SSSR count). The fraction of sp³-hybridized carbons (Fsp3) is 0.0169. The number of hydrogen-bond donors (Lipinski definition) is 1. The average Bonchev–Trinajstić information content (AvgIpc) is 3.90. The Morgan fingerprint density at radius 3 is 1.61 bits per heavy atom. The van der Waals surface area contributed by atoms with E-state index in [4.69, 9.17) is 14.4 Å². The number of hydrogen-bond acceptors (Lipinski definition) is 4. The van der Waals surface area contributed by atoms with Crippen LogP contribution in [0.25, 0.3) is 93.2 Å². The van der Waals surface area contributed by atoms with E-state index in [1.165, 1.54) is 49.2 Å². The summed E-state index contributed by atoms with van der Waals surface area (Å²) < 4.78 is 9.16. The normalized spacial score (nSPS) is 14.1. The number of benzene rings is 10. The summed E-state index contributed by atoms with van der Waals surface area (Å²) in [7, 11) is 0. The maximum atomic E-state index is 6.79. The lowest BCUT2D eigenvalue weighted by atomic mass is 10.0. The SMILES string of the molecule is c1ccc(-c2ccc3c(c2)c2cc(-c4ccccc4)ccc2n3-c2ccc3c(c2)oc2cc(C4=NC(c5ccc6ccccc6c5)=NC(c5ccc6ccccc6c5)N4)ccc23)cc1. The molecule has 1 aliphatic heterocycles. The Morgan fingerprint density at radius 1 is 0.391 bits per heavy atom. The molecule has 1 atom stereocenters. The summed E-state index contributed by atoms with van der Waals surface area (Å²) in [4.78, 5) is 10.4. The van der Waals surface area contributed by atoms with Crippen molar-refractivity contribution in [1.82, 2.24) is 9.88 Å². The first kappa shape index (κ1) is 36.1. The first-order chi connectivity index (χ1) is 31.7. The number of amidine groups is 2. The van der Waals surface area contributed by atoms with E-state index in [-0.39, 0.29) is 6.17 Å². The first-order valence-electron chi connectivity index (χ1n) is 21.7. The molecule has 0 amide bonds. The van der Waals surface area contributed by atoms with Gasteiger partial charge in [0.2, 0.25) is 0 Å². The predicted molar refractivity (Wildman–Crippen MR) is 266 cm³/mol. The largest absolute Gasteiger partial charge is 0.456 e. The van der Waals surface area contributed by atoms with Crippen LogP contribution in [0.4, 0.5) is 0 Å². The van der Waals surface area contributed by atoms with Crippen molar-refractivity contribution in [3.63, 3.8) is 0 Å². The van der Waals surface area contributed by atoms with E-state index in [1.54, 1.807) is 0 Å². The third kappa shape index (κ3) is 6.09. The number of aliphatic imine (C=N–C) groups is 2. The second-order valence-corrected chi connectivity index (χ2v) is 16.7. The molecule has 0 saturated carbocycles. The van der Waals surface area contributed by atoms with Crippen LogP contribution >= 0.6 is 0 Å². The number of furan rings is 1. The highest BCUT2D eigenvalue weighted by atomic mass is 16.3. The highest BCUT2D eigenvalue weighted by Gasteiger charge is 2.23. The average molecular weight is 819 g/mol. The topological polar surface area (TPSA) is 54.8 Å². The van der Waals surface area contributed by atoms with Crippen molar-refractivity contribution < 1.29 is 4.42 Å². The number of nitrogens with zero attached hydrogens (tertiary/aromatic N) is 3.